The van der Waals surface area contributed by atoms with Crippen LogP contribution in [0, 0.1) is 5.92 Å². The van der Waals surface area contributed by atoms with Crippen LogP contribution in [0.15, 0.2) is 0 Å². The summed E-state index contributed by atoms with van der Waals surface area (Å²) in [6.45, 7) is 6.38. The van der Waals surface area contributed by atoms with Crippen molar-refractivity contribution in [2.75, 3.05) is 13.1 Å². The van der Waals surface area contributed by atoms with E-state index in [4.69, 9.17) is 0 Å². The SMILES string of the molecule is CC(C)(C)NS(=O)(=O)N1CCC2(O)CCCCC2C1. The zero-order chi connectivity index (χ0) is 14.3. The summed E-state index contributed by atoms with van der Waals surface area (Å²) in [5.74, 6) is 0.0894. The molecule has 0 aromatic rings. The van der Waals surface area contributed by atoms with Crippen molar-refractivity contribution in [3.05, 3.63) is 0 Å². The number of nitrogens with zero attached hydrogens (tertiary/aromatic N) is 1. The number of fused-ring (bicyclic) bond motifs is 1. The summed E-state index contributed by atoms with van der Waals surface area (Å²) in [6.07, 6.45) is 4.45. The first-order valence-electron chi connectivity index (χ1n) is 7.14. The summed E-state index contributed by atoms with van der Waals surface area (Å²) >= 11 is 0. The van der Waals surface area contributed by atoms with Crippen LogP contribution in [0.5, 0.6) is 0 Å². The van der Waals surface area contributed by atoms with Gasteiger partial charge in [0, 0.05) is 24.5 Å². The molecule has 0 bridgehead atoms. The Kier molecular flexibility index (Phi) is 3.99. The maximum Gasteiger partial charge on any atom is 0.279 e. The van der Waals surface area contributed by atoms with Gasteiger partial charge in [-0.05, 0) is 40.0 Å². The van der Waals surface area contributed by atoms with E-state index in [0.717, 1.165) is 25.7 Å². The lowest BCUT2D eigenvalue weighted by molar-refractivity contribution is -0.0818. The van der Waals surface area contributed by atoms with Crippen molar-refractivity contribution in [1.82, 2.24) is 9.03 Å². The van der Waals surface area contributed by atoms with Crippen LogP contribution in [0.2, 0.25) is 0 Å². The smallest absolute Gasteiger partial charge is 0.279 e. The van der Waals surface area contributed by atoms with Gasteiger partial charge in [0.25, 0.3) is 10.2 Å². The van der Waals surface area contributed by atoms with Crippen LogP contribution in [0.3, 0.4) is 0 Å². The predicted molar refractivity (Wildman–Crippen MR) is 74.9 cm³/mol. The second-order valence-corrected chi connectivity index (χ2v) is 8.68. The van der Waals surface area contributed by atoms with E-state index >= 15 is 0 Å². The van der Waals surface area contributed by atoms with Crippen molar-refractivity contribution in [3.8, 4) is 0 Å². The molecular formula is C13H26N2O3S. The van der Waals surface area contributed by atoms with Gasteiger partial charge in [-0.25, -0.2) is 0 Å². The monoisotopic (exact) mass is 290 g/mol. The Morgan fingerprint density at radius 3 is 2.58 bits per heavy atom. The molecule has 1 saturated heterocycles. The summed E-state index contributed by atoms with van der Waals surface area (Å²) < 4.78 is 28.8. The fourth-order valence-electron chi connectivity index (χ4n) is 3.21. The molecule has 0 amide bonds. The van der Waals surface area contributed by atoms with E-state index in [2.05, 4.69) is 4.72 Å². The summed E-state index contributed by atoms with van der Waals surface area (Å²) in [5.41, 5.74) is -1.11. The number of piperidine rings is 1. The van der Waals surface area contributed by atoms with Gasteiger partial charge < -0.3 is 5.11 Å². The van der Waals surface area contributed by atoms with Crippen LogP contribution in [0.1, 0.15) is 52.9 Å². The molecule has 1 heterocycles. The normalized spacial score (nSPS) is 34.0. The molecule has 0 aromatic heterocycles. The number of rotatable bonds is 2. The van der Waals surface area contributed by atoms with Gasteiger partial charge >= 0.3 is 0 Å². The molecule has 5 nitrogen and oxygen atoms in total. The van der Waals surface area contributed by atoms with Crippen LogP contribution in [-0.2, 0) is 10.2 Å². The fourth-order valence-corrected chi connectivity index (χ4v) is 4.82. The maximum absolute atomic E-state index is 12.3. The highest BCUT2D eigenvalue weighted by molar-refractivity contribution is 7.87. The zero-order valence-corrected chi connectivity index (χ0v) is 13.0. The second kappa shape index (κ2) is 4.98. The van der Waals surface area contributed by atoms with Crippen molar-refractivity contribution in [2.24, 2.45) is 5.92 Å². The van der Waals surface area contributed by atoms with Crippen molar-refractivity contribution in [3.63, 3.8) is 0 Å². The highest BCUT2D eigenvalue weighted by Gasteiger charge is 2.45. The Bertz CT molecular complexity index is 430. The number of nitrogens with one attached hydrogen (secondary N) is 1. The number of hydrogen-bond donors (Lipinski definition) is 2. The number of aliphatic hydroxyl groups is 1. The highest BCUT2D eigenvalue weighted by Crippen LogP contribution is 2.40. The predicted octanol–water partition coefficient (Wildman–Crippen LogP) is 1.25. The van der Waals surface area contributed by atoms with Crippen LogP contribution < -0.4 is 4.72 Å². The Balaban J connectivity index is 2.08. The first-order valence-corrected chi connectivity index (χ1v) is 8.58. The van der Waals surface area contributed by atoms with Gasteiger partial charge in [-0.15, -0.1) is 0 Å². The lowest BCUT2D eigenvalue weighted by Gasteiger charge is -2.47. The van der Waals surface area contributed by atoms with Crippen molar-refractivity contribution in [2.45, 2.75) is 64.0 Å². The number of hydrogen-bond acceptors (Lipinski definition) is 3. The lowest BCUT2D eigenvalue weighted by atomic mass is 9.72. The van der Waals surface area contributed by atoms with Crippen LogP contribution >= 0.6 is 0 Å². The molecule has 0 aromatic carbocycles. The molecule has 1 saturated carbocycles. The first-order chi connectivity index (χ1) is 8.62. The molecule has 112 valence electrons. The van der Waals surface area contributed by atoms with Crippen molar-refractivity contribution >= 4 is 10.2 Å². The molecule has 0 radical (unpaired) electrons. The Labute approximate surface area is 116 Å². The van der Waals surface area contributed by atoms with Gasteiger partial charge in [0.05, 0.1) is 5.60 Å². The molecule has 2 atom stereocenters. The molecule has 2 rings (SSSR count). The van der Waals surface area contributed by atoms with Gasteiger partial charge in [-0.2, -0.15) is 17.4 Å². The molecule has 19 heavy (non-hydrogen) atoms. The van der Waals surface area contributed by atoms with Gasteiger partial charge in [0.1, 0.15) is 0 Å². The van der Waals surface area contributed by atoms with Crippen molar-refractivity contribution < 1.29 is 13.5 Å². The van der Waals surface area contributed by atoms with E-state index < -0.39 is 21.3 Å². The van der Waals surface area contributed by atoms with E-state index in [1.807, 2.05) is 20.8 Å². The minimum Gasteiger partial charge on any atom is -0.390 e. The molecule has 6 heteroatoms. The van der Waals surface area contributed by atoms with Gasteiger partial charge in [-0.3, -0.25) is 0 Å². The van der Waals surface area contributed by atoms with Gasteiger partial charge in [-0.1, -0.05) is 12.8 Å². The van der Waals surface area contributed by atoms with E-state index in [-0.39, 0.29) is 5.92 Å². The minimum absolute atomic E-state index is 0.0894. The first kappa shape index (κ1) is 15.2. The lowest BCUT2D eigenvalue weighted by Crippen LogP contribution is -2.58. The van der Waals surface area contributed by atoms with E-state index in [1.165, 1.54) is 4.31 Å². The molecule has 1 aliphatic carbocycles. The largest absolute Gasteiger partial charge is 0.390 e. The molecule has 2 N–H and O–H groups in total. The third kappa shape index (κ3) is 3.48. The maximum atomic E-state index is 12.3. The summed E-state index contributed by atoms with van der Waals surface area (Å²) in [6, 6.07) is 0. The van der Waals surface area contributed by atoms with E-state index in [0.29, 0.717) is 19.5 Å². The van der Waals surface area contributed by atoms with Crippen LogP contribution in [-0.4, -0.2) is 42.1 Å². The van der Waals surface area contributed by atoms with E-state index in [9.17, 15) is 13.5 Å². The molecule has 2 unspecified atom stereocenters. The van der Waals surface area contributed by atoms with E-state index in [1.54, 1.807) is 0 Å². The standard InChI is InChI=1S/C13H26N2O3S/c1-12(2,3)14-19(17,18)15-9-8-13(16)7-5-4-6-11(13)10-15/h11,14,16H,4-10H2,1-3H3. The Morgan fingerprint density at radius 2 is 1.95 bits per heavy atom. The quantitative estimate of drug-likeness (QED) is 0.804. The molecule has 2 aliphatic rings. The Morgan fingerprint density at radius 1 is 1.26 bits per heavy atom. The third-order valence-corrected chi connectivity index (χ3v) is 6.05. The second-order valence-electron chi connectivity index (χ2n) is 7.01. The molecular weight excluding hydrogens is 264 g/mol. The third-order valence-electron chi connectivity index (χ3n) is 4.17. The summed E-state index contributed by atoms with van der Waals surface area (Å²) in [4.78, 5) is 0. The molecule has 2 fully saturated rings. The average Bonchev–Trinajstić information content (AvgIpc) is 2.24. The summed E-state index contributed by atoms with van der Waals surface area (Å²) in [5, 5.41) is 10.6. The van der Waals surface area contributed by atoms with Gasteiger partial charge in [0.2, 0.25) is 0 Å². The molecule has 1 aliphatic heterocycles. The topological polar surface area (TPSA) is 69.6 Å². The zero-order valence-electron chi connectivity index (χ0n) is 12.1. The van der Waals surface area contributed by atoms with Gasteiger partial charge in [0.15, 0.2) is 0 Å². The average molecular weight is 290 g/mol. The summed E-state index contributed by atoms with van der Waals surface area (Å²) in [7, 11) is -3.45. The van der Waals surface area contributed by atoms with Crippen molar-refractivity contribution in [1.29, 1.82) is 0 Å². The fraction of sp³-hybridized carbons (Fsp3) is 1.00. The highest BCUT2D eigenvalue weighted by atomic mass is 32.2. The molecule has 0 spiro atoms. The van der Waals surface area contributed by atoms with Crippen LogP contribution in [0.25, 0.3) is 0 Å². The minimum atomic E-state index is -3.45. The Hall–Kier alpha value is -0.170. The van der Waals surface area contributed by atoms with Crippen LogP contribution in [0.4, 0.5) is 0 Å².